The second-order valence-electron chi connectivity index (χ2n) is 4.30. The quantitative estimate of drug-likeness (QED) is 0.792. The summed E-state index contributed by atoms with van der Waals surface area (Å²) in [6.45, 7) is 4.92. The molecule has 2 amide bonds. The number of nitrogens with one attached hydrogen (secondary N) is 2. The van der Waals surface area contributed by atoms with Gasteiger partial charge in [0.15, 0.2) is 0 Å². The van der Waals surface area contributed by atoms with Crippen LogP contribution < -0.4 is 14.8 Å². The van der Waals surface area contributed by atoms with E-state index in [4.69, 9.17) is 4.74 Å². The number of hydrogen-bond donors (Lipinski definition) is 2. The highest BCUT2D eigenvalue weighted by Gasteiger charge is 2.22. The van der Waals surface area contributed by atoms with E-state index in [9.17, 15) is 18.0 Å². The van der Waals surface area contributed by atoms with Crippen LogP contribution in [0.1, 0.15) is 20.8 Å². The van der Waals surface area contributed by atoms with E-state index in [1.807, 2.05) is 11.6 Å². The maximum Gasteiger partial charge on any atom is 0.264 e. The molecule has 21 heavy (non-hydrogen) atoms. The summed E-state index contributed by atoms with van der Waals surface area (Å²) in [6, 6.07) is 4.73. The van der Waals surface area contributed by atoms with Gasteiger partial charge in [-0.1, -0.05) is 0 Å². The summed E-state index contributed by atoms with van der Waals surface area (Å²) in [7, 11) is -3.98. The zero-order valence-electron chi connectivity index (χ0n) is 12.0. The number of ether oxygens (including phenoxy) is 1. The third-order valence-electron chi connectivity index (χ3n) is 2.49. The summed E-state index contributed by atoms with van der Waals surface area (Å²) >= 11 is 0. The lowest BCUT2D eigenvalue weighted by molar-refractivity contribution is -0.126. The van der Waals surface area contributed by atoms with E-state index in [0.29, 0.717) is 12.4 Å². The topological polar surface area (TPSA) is 102 Å². The number of benzene rings is 1. The number of hydrogen-bond acceptors (Lipinski definition) is 5. The van der Waals surface area contributed by atoms with Crippen LogP contribution in [0.3, 0.4) is 0 Å². The van der Waals surface area contributed by atoms with Crippen molar-refractivity contribution in [3.63, 3.8) is 0 Å². The van der Waals surface area contributed by atoms with E-state index in [1.165, 1.54) is 38.1 Å². The lowest BCUT2D eigenvalue weighted by Crippen LogP contribution is -2.45. The van der Waals surface area contributed by atoms with Crippen LogP contribution in [0.5, 0.6) is 5.75 Å². The Morgan fingerprint density at radius 2 is 1.81 bits per heavy atom. The molecule has 0 saturated carbocycles. The Hall–Kier alpha value is -2.09. The third kappa shape index (κ3) is 5.07. The molecule has 1 atom stereocenters. The highest BCUT2D eigenvalue weighted by molar-refractivity contribution is 7.90. The number of sulfonamides is 1. The van der Waals surface area contributed by atoms with Crippen molar-refractivity contribution in [2.24, 2.45) is 0 Å². The van der Waals surface area contributed by atoms with Crippen LogP contribution in [0.25, 0.3) is 0 Å². The SMILES string of the molecule is CCOc1ccc(S(=O)(=O)NC(=O)C(C)NC(C)=O)cc1. The average molecular weight is 314 g/mol. The molecule has 116 valence electrons. The molecule has 2 N–H and O–H groups in total. The van der Waals surface area contributed by atoms with Gasteiger partial charge in [0.05, 0.1) is 11.5 Å². The van der Waals surface area contributed by atoms with Gasteiger partial charge in [0, 0.05) is 6.92 Å². The van der Waals surface area contributed by atoms with E-state index in [-0.39, 0.29) is 4.90 Å². The Kier molecular flexibility index (Phi) is 5.71. The van der Waals surface area contributed by atoms with Gasteiger partial charge in [-0.2, -0.15) is 0 Å². The van der Waals surface area contributed by atoms with Crippen LogP contribution in [0.2, 0.25) is 0 Å². The molecule has 1 aromatic carbocycles. The lowest BCUT2D eigenvalue weighted by Gasteiger charge is -2.13. The maximum absolute atomic E-state index is 12.0. The molecule has 0 heterocycles. The molecule has 1 rings (SSSR count). The van der Waals surface area contributed by atoms with E-state index in [2.05, 4.69) is 5.32 Å². The monoisotopic (exact) mass is 314 g/mol. The smallest absolute Gasteiger partial charge is 0.264 e. The molecule has 0 aliphatic rings. The zero-order valence-corrected chi connectivity index (χ0v) is 12.9. The van der Waals surface area contributed by atoms with E-state index in [1.54, 1.807) is 0 Å². The Labute approximate surface area is 123 Å². The van der Waals surface area contributed by atoms with Crippen molar-refractivity contribution in [1.29, 1.82) is 0 Å². The van der Waals surface area contributed by atoms with Crippen molar-refractivity contribution in [1.82, 2.24) is 10.0 Å². The van der Waals surface area contributed by atoms with Gasteiger partial charge in [-0.15, -0.1) is 0 Å². The highest BCUT2D eigenvalue weighted by atomic mass is 32.2. The molecule has 1 aromatic rings. The van der Waals surface area contributed by atoms with Gasteiger partial charge in [0.2, 0.25) is 5.91 Å². The Balaban J connectivity index is 2.81. The summed E-state index contributed by atoms with van der Waals surface area (Å²) < 4.78 is 31.1. The van der Waals surface area contributed by atoms with Crippen LogP contribution in [-0.4, -0.2) is 32.9 Å². The Morgan fingerprint density at radius 3 is 2.29 bits per heavy atom. The molecule has 0 aliphatic heterocycles. The second kappa shape index (κ2) is 7.07. The number of rotatable bonds is 6. The minimum atomic E-state index is -3.98. The standard InChI is InChI=1S/C13H18N2O5S/c1-4-20-11-5-7-12(8-6-11)21(18,19)15-13(17)9(2)14-10(3)16/h5-9H,4H2,1-3H3,(H,14,16)(H,15,17). The van der Waals surface area contributed by atoms with Crippen LogP contribution in [0.4, 0.5) is 0 Å². The Morgan fingerprint density at radius 1 is 1.24 bits per heavy atom. The molecule has 0 bridgehead atoms. The van der Waals surface area contributed by atoms with Crippen molar-refractivity contribution in [3.05, 3.63) is 24.3 Å². The maximum atomic E-state index is 12.0. The summed E-state index contributed by atoms with van der Waals surface area (Å²) in [5, 5.41) is 2.31. The summed E-state index contributed by atoms with van der Waals surface area (Å²) in [5.41, 5.74) is 0. The first-order valence-corrected chi connectivity index (χ1v) is 7.81. The first-order chi connectivity index (χ1) is 9.76. The third-order valence-corrected chi connectivity index (χ3v) is 3.86. The van der Waals surface area contributed by atoms with E-state index >= 15 is 0 Å². The number of carbonyl (C=O) groups is 2. The van der Waals surface area contributed by atoms with Gasteiger partial charge in [-0.25, -0.2) is 13.1 Å². The molecular formula is C13H18N2O5S. The molecule has 0 aromatic heterocycles. The molecule has 0 spiro atoms. The van der Waals surface area contributed by atoms with Crippen LogP contribution in [0, 0.1) is 0 Å². The van der Waals surface area contributed by atoms with Gasteiger partial charge < -0.3 is 10.1 Å². The van der Waals surface area contributed by atoms with Gasteiger partial charge in [0.1, 0.15) is 11.8 Å². The average Bonchev–Trinajstić information content (AvgIpc) is 2.38. The largest absolute Gasteiger partial charge is 0.494 e. The molecule has 7 nitrogen and oxygen atoms in total. The molecule has 8 heteroatoms. The minimum absolute atomic E-state index is 0.0608. The Bertz CT molecular complexity index is 610. The highest BCUT2D eigenvalue weighted by Crippen LogP contribution is 2.15. The van der Waals surface area contributed by atoms with E-state index < -0.39 is 27.9 Å². The summed E-state index contributed by atoms with van der Waals surface area (Å²) in [5.74, 6) is -0.690. The van der Waals surface area contributed by atoms with Gasteiger partial charge in [-0.3, -0.25) is 9.59 Å². The molecule has 0 fully saturated rings. The fourth-order valence-corrected chi connectivity index (χ4v) is 2.59. The molecule has 0 aliphatic carbocycles. The molecule has 1 unspecified atom stereocenters. The normalized spacial score (nSPS) is 12.3. The minimum Gasteiger partial charge on any atom is -0.494 e. The predicted molar refractivity (Wildman–Crippen MR) is 76.2 cm³/mol. The fraction of sp³-hybridized carbons (Fsp3) is 0.385. The van der Waals surface area contributed by atoms with Crippen molar-refractivity contribution < 1.29 is 22.7 Å². The van der Waals surface area contributed by atoms with E-state index in [0.717, 1.165) is 0 Å². The van der Waals surface area contributed by atoms with Crippen LogP contribution in [0.15, 0.2) is 29.2 Å². The zero-order chi connectivity index (χ0) is 16.0. The van der Waals surface area contributed by atoms with Gasteiger partial charge >= 0.3 is 0 Å². The van der Waals surface area contributed by atoms with Crippen molar-refractivity contribution in [2.75, 3.05) is 6.61 Å². The molecular weight excluding hydrogens is 296 g/mol. The van der Waals surface area contributed by atoms with Crippen LogP contribution >= 0.6 is 0 Å². The number of amides is 2. The van der Waals surface area contributed by atoms with Gasteiger partial charge in [0.25, 0.3) is 15.9 Å². The van der Waals surface area contributed by atoms with Crippen molar-refractivity contribution >= 4 is 21.8 Å². The first kappa shape index (κ1) is 17.0. The lowest BCUT2D eigenvalue weighted by atomic mass is 10.3. The molecule has 0 saturated heterocycles. The fourth-order valence-electron chi connectivity index (χ4n) is 1.53. The predicted octanol–water partition coefficient (Wildman–Crippen LogP) is 0.415. The molecule has 0 radical (unpaired) electrons. The van der Waals surface area contributed by atoms with Crippen LogP contribution in [-0.2, 0) is 19.6 Å². The second-order valence-corrected chi connectivity index (χ2v) is 5.98. The summed E-state index contributed by atoms with van der Waals surface area (Å²) in [4.78, 5) is 22.5. The van der Waals surface area contributed by atoms with Gasteiger partial charge in [-0.05, 0) is 38.1 Å². The first-order valence-electron chi connectivity index (χ1n) is 6.33. The summed E-state index contributed by atoms with van der Waals surface area (Å²) in [6.07, 6.45) is 0. The number of carbonyl (C=O) groups excluding carboxylic acids is 2. The van der Waals surface area contributed by atoms with Crippen molar-refractivity contribution in [2.45, 2.75) is 31.7 Å². The van der Waals surface area contributed by atoms with Crippen molar-refractivity contribution in [3.8, 4) is 5.75 Å².